The number of amidine groups is 2. The number of rotatable bonds is 8. The average molecular weight is 465 g/mol. The third kappa shape index (κ3) is 4.93. The zero-order valence-corrected chi connectivity index (χ0v) is 18.4. The van der Waals surface area contributed by atoms with Gasteiger partial charge in [0.1, 0.15) is 29.8 Å². The number of benzene rings is 2. The Bertz CT molecular complexity index is 1210. The van der Waals surface area contributed by atoms with Crippen molar-refractivity contribution in [1.29, 1.82) is 5.41 Å². The van der Waals surface area contributed by atoms with E-state index in [0.29, 0.717) is 28.7 Å². The number of nitrogens with one attached hydrogen (secondary N) is 1. The third-order valence-electron chi connectivity index (χ3n) is 4.67. The van der Waals surface area contributed by atoms with Crippen molar-refractivity contribution in [2.24, 2.45) is 10.1 Å². The van der Waals surface area contributed by atoms with Crippen LogP contribution in [0, 0.1) is 15.5 Å². The second kappa shape index (κ2) is 9.65. The van der Waals surface area contributed by atoms with Crippen molar-refractivity contribution in [1.82, 2.24) is 5.01 Å². The van der Waals surface area contributed by atoms with E-state index in [1.807, 2.05) is 6.92 Å². The fourth-order valence-electron chi connectivity index (χ4n) is 3.04. The highest BCUT2D eigenvalue weighted by Gasteiger charge is 2.35. The molecule has 0 atom stereocenters. The first kappa shape index (κ1) is 22.2. The number of hydrazone groups is 1. The Hall–Kier alpha value is -3.99. The molecule has 1 amide bonds. The van der Waals surface area contributed by atoms with Crippen LogP contribution in [0.3, 0.4) is 0 Å². The number of fused-ring (bicyclic) bond motifs is 1. The van der Waals surface area contributed by atoms with Gasteiger partial charge in [-0.25, -0.2) is 0 Å². The van der Waals surface area contributed by atoms with Gasteiger partial charge in [-0.1, -0.05) is 25.1 Å². The van der Waals surface area contributed by atoms with Crippen LogP contribution in [0.15, 0.2) is 64.2 Å². The smallest absolute Gasteiger partial charge is 0.283 e. The summed E-state index contributed by atoms with van der Waals surface area (Å²) in [6, 6.07) is 12.9. The van der Waals surface area contributed by atoms with Crippen LogP contribution in [-0.2, 0) is 4.79 Å². The van der Waals surface area contributed by atoms with E-state index >= 15 is 0 Å². The molecule has 0 spiro atoms. The minimum absolute atomic E-state index is 0.0102. The molecule has 0 aromatic heterocycles. The van der Waals surface area contributed by atoms with Crippen LogP contribution in [0.4, 0.5) is 5.69 Å². The van der Waals surface area contributed by atoms with Crippen molar-refractivity contribution >= 4 is 45.5 Å². The summed E-state index contributed by atoms with van der Waals surface area (Å²) in [5, 5.41) is 26.0. The number of carbonyl (C=O) groups excluding carboxylic acids is 1. The van der Waals surface area contributed by atoms with Gasteiger partial charge in [0.25, 0.3) is 11.6 Å². The number of hydrogen-bond acceptors (Lipinski definition) is 8. The lowest BCUT2D eigenvalue weighted by atomic mass is 10.1. The number of ether oxygens (including phenoxy) is 2. The van der Waals surface area contributed by atoms with Gasteiger partial charge in [-0.15, -0.1) is 0 Å². The molecule has 0 bridgehead atoms. The van der Waals surface area contributed by atoms with E-state index in [-0.39, 0.29) is 30.3 Å². The summed E-state index contributed by atoms with van der Waals surface area (Å²) in [7, 11) is 0. The molecule has 0 fully saturated rings. The predicted octanol–water partition coefficient (Wildman–Crippen LogP) is 4.08. The van der Waals surface area contributed by atoms with E-state index in [1.165, 1.54) is 41.0 Å². The summed E-state index contributed by atoms with van der Waals surface area (Å²) in [5.74, 6) is 0.478. The highest BCUT2D eigenvalue weighted by molar-refractivity contribution is 8.26. The van der Waals surface area contributed by atoms with Gasteiger partial charge < -0.3 is 9.47 Å². The van der Waals surface area contributed by atoms with E-state index in [2.05, 4.69) is 10.1 Å². The van der Waals surface area contributed by atoms with Gasteiger partial charge in [-0.2, -0.15) is 15.1 Å². The molecule has 10 nitrogen and oxygen atoms in total. The molecule has 11 heteroatoms. The standard InChI is InChI=1S/C22H19N5O5S/c1-2-19-25-26-20(23)17(21(28)24-22(26)33-19)13-14-5-3-4-6-18(14)32-12-11-31-16-9-7-15(8-10-16)27(29)30/h3-10,13,23H,2,11-12H2,1H3. The largest absolute Gasteiger partial charge is 0.490 e. The number of nitro groups is 1. The number of para-hydroxylation sites is 1. The molecule has 33 heavy (non-hydrogen) atoms. The second-order valence-corrected chi connectivity index (χ2v) is 7.89. The number of hydrogen-bond donors (Lipinski definition) is 1. The fraction of sp³-hybridized carbons (Fsp3) is 0.182. The normalized spacial score (nSPS) is 16.4. The Morgan fingerprint density at radius 2 is 1.88 bits per heavy atom. The van der Waals surface area contributed by atoms with Crippen LogP contribution in [-0.4, -0.2) is 45.1 Å². The van der Waals surface area contributed by atoms with E-state index in [9.17, 15) is 14.9 Å². The van der Waals surface area contributed by atoms with E-state index < -0.39 is 10.8 Å². The van der Waals surface area contributed by atoms with Crippen LogP contribution in [0.1, 0.15) is 18.9 Å². The van der Waals surface area contributed by atoms with Crippen molar-refractivity contribution in [2.45, 2.75) is 13.3 Å². The van der Waals surface area contributed by atoms with E-state index in [1.54, 1.807) is 30.3 Å². The van der Waals surface area contributed by atoms with Gasteiger partial charge >= 0.3 is 0 Å². The molecule has 4 rings (SSSR count). The minimum atomic E-state index is -0.498. The monoisotopic (exact) mass is 465 g/mol. The maximum Gasteiger partial charge on any atom is 0.283 e. The molecule has 0 unspecified atom stereocenters. The number of non-ortho nitro benzene ring substituents is 1. The summed E-state index contributed by atoms with van der Waals surface area (Å²) >= 11 is 1.29. The number of amides is 1. The fourth-order valence-corrected chi connectivity index (χ4v) is 3.86. The first-order valence-corrected chi connectivity index (χ1v) is 10.9. The molecule has 2 aliphatic rings. The number of nitro benzene ring substituents is 1. The Kier molecular flexibility index (Phi) is 6.50. The predicted molar refractivity (Wildman–Crippen MR) is 126 cm³/mol. The molecule has 0 radical (unpaired) electrons. The molecule has 2 aromatic carbocycles. The van der Waals surface area contributed by atoms with Crippen LogP contribution in [0.25, 0.3) is 6.08 Å². The summed E-state index contributed by atoms with van der Waals surface area (Å²) in [5.41, 5.74) is 0.730. The Balaban J connectivity index is 1.43. The van der Waals surface area contributed by atoms with Crippen LogP contribution in [0.5, 0.6) is 11.5 Å². The van der Waals surface area contributed by atoms with Gasteiger partial charge in [0, 0.05) is 17.7 Å². The molecule has 1 N–H and O–H groups in total. The molecular formula is C22H19N5O5S. The highest BCUT2D eigenvalue weighted by atomic mass is 32.2. The zero-order chi connectivity index (χ0) is 23.4. The van der Waals surface area contributed by atoms with Crippen molar-refractivity contribution in [2.75, 3.05) is 13.2 Å². The maximum absolute atomic E-state index is 12.6. The Morgan fingerprint density at radius 3 is 2.61 bits per heavy atom. The summed E-state index contributed by atoms with van der Waals surface area (Å²) in [4.78, 5) is 26.9. The van der Waals surface area contributed by atoms with Crippen molar-refractivity contribution in [3.8, 4) is 11.5 Å². The molecule has 0 saturated heterocycles. The quantitative estimate of drug-likeness (QED) is 0.269. The van der Waals surface area contributed by atoms with Crippen molar-refractivity contribution in [3.63, 3.8) is 0 Å². The van der Waals surface area contributed by atoms with Gasteiger partial charge in [0.15, 0.2) is 5.84 Å². The van der Waals surface area contributed by atoms with Crippen molar-refractivity contribution < 1.29 is 19.2 Å². The molecule has 2 aromatic rings. The SMILES string of the molecule is CCC1=NN2C(=N)C(=Cc3ccccc3OCCOc3ccc([N+](=O)[O-])cc3)C(=O)N=C2S1. The van der Waals surface area contributed by atoms with Gasteiger partial charge in [0.2, 0.25) is 5.17 Å². The van der Waals surface area contributed by atoms with E-state index in [4.69, 9.17) is 14.9 Å². The van der Waals surface area contributed by atoms with Crippen molar-refractivity contribution in [3.05, 3.63) is 69.8 Å². The average Bonchev–Trinajstić information content (AvgIpc) is 3.24. The molecule has 168 valence electrons. The van der Waals surface area contributed by atoms with Gasteiger partial charge in [-0.3, -0.25) is 20.3 Å². The molecule has 0 aliphatic carbocycles. The number of nitrogens with zero attached hydrogens (tertiary/aromatic N) is 4. The molecule has 0 saturated carbocycles. The Morgan fingerprint density at radius 1 is 1.15 bits per heavy atom. The number of carbonyl (C=O) groups is 1. The first-order valence-electron chi connectivity index (χ1n) is 10.0. The van der Waals surface area contributed by atoms with Gasteiger partial charge in [0.05, 0.1) is 10.5 Å². The highest BCUT2D eigenvalue weighted by Crippen LogP contribution is 2.30. The number of thioether (sulfide) groups is 1. The topological polar surface area (TPSA) is 130 Å². The maximum atomic E-state index is 12.6. The second-order valence-electron chi connectivity index (χ2n) is 6.85. The van der Waals surface area contributed by atoms with E-state index in [0.717, 1.165) is 5.04 Å². The summed E-state index contributed by atoms with van der Waals surface area (Å²) in [6.45, 7) is 2.37. The molecule has 2 aliphatic heterocycles. The lowest BCUT2D eigenvalue weighted by molar-refractivity contribution is -0.384. The zero-order valence-electron chi connectivity index (χ0n) is 17.6. The Labute approximate surface area is 193 Å². The lowest BCUT2D eigenvalue weighted by Gasteiger charge is -2.20. The minimum Gasteiger partial charge on any atom is -0.490 e. The third-order valence-corrected chi connectivity index (χ3v) is 5.73. The number of aliphatic imine (C=N–C) groups is 1. The first-order chi connectivity index (χ1) is 16.0. The molecular weight excluding hydrogens is 446 g/mol. The van der Waals surface area contributed by atoms with Crippen LogP contribution in [0.2, 0.25) is 0 Å². The molecule has 2 heterocycles. The summed E-state index contributed by atoms with van der Waals surface area (Å²) < 4.78 is 11.4. The van der Waals surface area contributed by atoms with Gasteiger partial charge in [-0.05, 0) is 42.5 Å². The lowest BCUT2D eigenvalue weighted by Crippen LogP contribution is -2.35. The van der Waals surface area contributed by atoms with Crippen LogP contribution >= 0.6 is 11.8 Å². The van der Waals surface area contributed by atoms with Crippen LogP contribution < -0.4 is 9.47 Å². The summed E-state index contributed by atoms with van der Waals surface area (Å²) in [6.07, 6.45) is 2.26.